The molecule has 3 nitrogen and oxygen atoms in total. The Balaban J connectivity index is 1.68. The third-order valence-electron chi connectivity index (χ3n) is 6.29. The maximum absolute atomic E-state index is 12.2. The van der Waals surface area contributed by atoms with Gasteiger partial charge in [-0.15, -0.1) is 0 Å². The molecule has 0 bridgehead atoms. The molecule has 21 heavy (non-hydrogen) atoms. The average Bonchev–Trinajstić information content (AvgIpc) is 2.91. The highest BCUT2D eigenvalue weighted by Crippen LogP contribution is 2.57. The molecule has 2 saturated carbocycles. The minimum absolute atomic E-state index is 0.00180. The predicted molar refractivity (Wildman–Crippen MR) is 80.6 cm³/mol. The first-order valence-corrected chi connectivity index (χ1v) is 8.33. The molecule has 1 saturated heterocycles. The SMILES string of the molecule is C=C1C[C@H](C[C@@H](C)[C@H]2CC[C@H]3C(=O)CCC[C@]23C)OC1=O. The molecule has 0 amide bonds. The van der Waals surface area contributed by atoms with Crippen LogP contribution in [0, 0.1) is 23.2 Å². The second-order valence-electron chi connectivity index (χ2n) is 7.61. The standard InChI is InChI=1S/C18H26O3/c1-11(9-13-10-12(2)17(20)21-13)14-6-7-15-16(19)5-4-8-18(14,15)3/h11,13-15H,2,4-10H2,1,3H3/t11-,13+,14-,15+,18-/m1/s1. The molecule has 3 fully saturated rings. The number of cyclic esters (lactones) is 1. The fraction of sp³-hybridized carbons (Fsp3) is 0.778. The zero-order valence-corrected chi connectivity index (χ0v) is 13.2. The number of fused-ring (bicyclic) bond motifs is 1. The van der Waals surface area contributed by atoms with Gasteiger partial charge in [-0.2, -0.15) is 0 Å². The van der Waals surface area contributed by atoms with Gasteiger partial charge in [0.05, 0.1) is 0 Å². The molecular weight excluding hydrogens is 264 g/mol. The van der Waals surface area contributed by atoms with Gasteiger partial charge in [-0.25, -0.2) is 4.79 Å². The molecule has 3 heteroatoms. The molecule has 0 unspecified atom stereocenters. The van der Waals surface area contributed by atoms with Crippen LogP contribution >= 0.6 is 0 Å². The fourth-order valence-corrected chi connectivity index (χ4v) is 5.25. The van der Waals surface area contributed by atoms with E-state index in [1.54, 1.807) is 0 Å². The van der Waals surface area contributed by atoms with Gasteiger partial charge < -0.3 is 4.74 Å². The van der Waals surface area contributed by atoms with Crippen molar-refractivity contribution in [2.75, 3.05) is 0 Å². The maximum atomic E-state index is 12.2. The van der Waals surface area contributed by atoms with Crippen molar-refractivity contribution in [1.29, 1.82) is 0 Å². The zero-order valence-electron chi connectivity index (χ0n) is 13.2. The van der Waals surface area contributed by atoms with E-state index < -0.39 is 0 Å². The normalized spacial score (nSPS) is 41.0. The quantitative estimate of drug-likeness (QED) is 0.588. The van der Waals surface area contributed by atoms with Crippen molar-refractivity contribution in [1.82, 2.24) is 0 Å². The molecule has 1 heterocycles. The smallest absolute Gasteiger partial charge is 0.333 e. The molecule has 0 aromatic carbocycles. The van der Waals surface area contributed by atoms with Crippen LogP contribution in [0.3, 0.4) is 0 Å². The van der Waals surface area contributed by atoms with E-state index in [1.807, 2.05) is 0 Å². The van der Waals surface area contributed by atoms with Crippen LogP contribution in [-0.2, 0) is 14.3 Å². The van der Waals surface area contributed by atoms with Gasteiger partial charge in [0.2, 0.25) is 0 Å². The van der Waals surface area contributed by atoms with Crippen molar-refractivity contribution < 1.29 is 14.3 Å². The minimum Gasteiger partial charge on any atom is -0.459 e. The lowest BCUT2D eigenvalue weighted by Crippen LogP contribution is -2.39. The molecule has 116 valence electrons. The van der Waals surface area contributed by atoms with Crippen molar-refractivity contribution >= 4 is 11.8 Å². The van der Waals surface area contributed by atoms with Gasteiger partial charge >= 0.3 is 5.97 Å². The van der Waals surface area contributed by atoms with E-state index in [0.717, 1.165) is 32.1 Å². The van der Waals surface area contributed by atoms with Crippen LogP contribution in [0.1, 0.15) is 58.8 Å². The second kappa shape index (κ2) is 5.26. The van der Waals surface area contributed by atoms with Crippen LogP contribution in [0.15, 0.2) is 12.2 Å². The highest BCUT2D eigenvalue weighted by Gasteiger charge is 2.52. The van der Waals surface area contributed by atoms with Crippen LogP contribution in [0.4, 0.5) is 0 Å². The van der Waals surface area contributed by atoms with Gasteiger partial charge in [-0.3, -0.25) is 4.79 Å². The summed E-state index contributed by atoms with van der Waals surface area (Å²) in [5.41, 5.74) is 0.782. The maximum Gasteiger partial charge on any atom is 0.333 e. The van der Waals surface area contributed by atoms with Crippen LogP contribution in [0.2, 0.25) is 0 Å². The van der Waals surface area contributed by atoms with E-state index in [0.29, 0.717) is 29.6 Å². The molecule has 2 aliphatic carbocycles. The summed E-state index contributed by atoms with van der Waals surface area (Å²) in [6, 6.07) is 0. The van der Waals surface area contributed by atoms with Crippen molar-refractivity contribution in [3.8, 4) is 0 Å². The number of hydrogen-bond acceptors (Lipinski definition) is 3. The topological polar surface area (TPSA) is 43.4 Å². The fourth-order valence-electron chi connectivity index (χ4n) is 5.25. The molecule has 0 spiro atoms. The summed E-state index contributed by atoms with van der Waals surface area (Å²) in [5, 5.41) is 0. The third-order valence-corrected chi connectivity index (χ3v) is 6.29. The number of ether oxygens (including phenoxy) is 1. The largest absolute Gasteiger partial charge is 0.459 e. The van der Waals surface area contributed by atoms with Crippen LogP contribution in [0.5, 0.6) is 0 Å². The summed E-state index contributed by atoms with van der Waals surface area (Å²) in [7, 11) is 0. The summed E-state index contributed by atoms with van der Waals surface area (Å²) < 4.78 is 5.39. The first kappa shape index (κ1) is 14.8. The van der Waals surface area contributed by atoms with Crippen molar-refractivity contribution in [3.05, 3.63) is 12.2 Å². The molecule has 3 rings (SSSR count). The predicted octanol–water partition coefficient (Wildman–Crippen LogP) is 3.67. The second-order valence-corrected chi connectivity index (χ2v) is 7.61. The number of carbonyl (C=O) groups excluding carboxylic acids is 2. The van der Waals surface area contributed by atoms with Crippen LogP contribution in [0.25, 0.3) is 0 Å². The third kappa shape index (κ3) is 2.45. The van der Waals surface area contributed by atoms with E-state index in [1.165, 1.54) is 6.42 Å². The van der Waals surface area contributed by atoms with Gasteiger partial charge in [-0.1, -0.05) is 20.4 Å². The zero-order chi connectivity index (χ0) is 15.2. The highest BCUT2D eigenvalue weighted by molar-refractivity contribution is 5.89. The molecule has 0 aromatic heterocycles. The lowest BCUT2D eigenvalue weighted by atomic mass is 9.62. The van der Waals surface area contributed by atoms with Gasteiger partial charge in [0.1, 0.15) is 11.9 Å². The Morgan fingerprint density at radius 2 is 2.14 bits per heavy atom. The van der Waals surface area contributed by atoms with Gasteiger partial charge in [0.15, 0.2) is 0 Å². The van der Waals surface area contributed by atoms with Crippen molar-refractivity contribution in [2.45, 2.75) is 64.9 Å². The molecule has 5 atom stereocenters. The van der Waals surface area contributed by atoms with Crippen molar-refractivity contribution in [2.24, 2.45) is 23.2 Å². The van der Waals surface area contributed by atoms with Gasteiger partial charge in [0.25, 0.3) is 0 Å². The molecule has 0 N–H and O–H groups in total. The number of esters is 1. The summed E-state index contributed by atoms with van der Waals surface area (Å²) >= 11 is 0. The number of hydrogen-bond donors (Lipinski definition) is 0. The van der Waals surface area contributed by atoms with Crippen LogP contribution < -0.4 is 0 Å². The van der Waals surface area contributed by atoms with Gasteiger partial charge in [-0.05, 0) is 49.4 Å². The van der Waals surface area contributed by atoms with E-state index >= 15 is 0 Å². The van der Waals surface area contributed by atoms with Gasteiger partial charge in [0, 0.05) is 24.3 Å². The lowest BCUT2D eigenvalue weighted by molar-refractivity contribution is -0.139. The Morgan fingerprint density at radius 1 is 1.38 bits per heavy atom. The van der Waals surface area contributed by atoms with Crippen LogP contribution in [-0.4, -0.2) is 17.9 Å². The molecule has 0 radical (unpaired) electrons. The minimum atomic E-state index is -0.226. The Bertz CT molecular complexity index is 465. The highest BCUT2D eigenvalue weighted by atomic mass is 16.5. The average molecular weight is 290 g/mol. The van der Waals surface area contributed by atoms with E-state index in [9.17, 15) is 9.59 Å². The molecule has 1 aliphatic heterocycles. The molecule has 0 aromatic rings. The number of ketones is 1. The lowest BCUT2D eigenvalue weighted by Gasteiger charge is -2.42. The Hall–Kier alpha value is -1.12. The first-order valence-electron chi connectivity index (χ1n) is 8.33. The Kier molecular flexibility index (Phi) is 3.71. The molecule has 3 aliphatic rings. The summed E-state index contributed by atoms with van der Waals surface area (Å²) in [5.74, 6) is 1.61. The van der Waals surface area contributed by atoms with E-state index in [2.05, 4.69) is 20.4 Å². The summed E-state index contributed by atoms with van der Waals surface area (Å²) in [6.07, 6.45) is 6.79. The first-order chi connectivity index (χ1) is 9.91. The Labute approximate surface area is 127 Å². The number of Topliss-reactive ketones (excluding diaryl/α,β-unsaturated/α-hetero) is 1. The van der Waals surface area contributed by atoms with E-state index in [4.69, 9.17) is 4.74 Å². The summed E-state index contributed by atoms with van der Waals surface area (Å²) in [4.78, 5) is 23.7. The number of rotatable bonds is 3. The summed E-state index contributed by atoms with van der Waals surface area (Å²) in [6.45, 7) is 8.35. The number of carbonyl (C=O) groups is 2. The van der Waals surface area contributed by atoms with E-state index in [-0.39, 0.29) is 23.4 Å². The molecular formula is C18H26O3. The monoisotopic (exact) mass is 290 g/mol. The Morgan fingerprint density at radius 3 is 2.81 bits per heavy atom. The van der Waals surface area contributed by atoms with Crippen molar-refractivity contribution in [3.63, 3.8) is 0 Å².